The average molecular weight is 234 g/mol. The van der Waals surface area contributed by atoms with Gasteiger partial charge < -0.3 is 10.3 Å². The van der Waals surface area contributed by atoms with Crippen LogP contribution in [-0.2, 0) is 0 Å². The second-order valence-corrected chi connectivity index (χ2v) is 3.54. The van der Waals surface area contributed by atoms with Gasteiger partial charge in [0.2, 0.25) is 0 Å². The molecule has 88 valence electrons. The molecule has 0 amide bonds. The summed E-state index contributed by atoms with van der Waals surface area (Å²) in [6.07, 6.45) is 0. The molecule has 17 heavy (non-hydrogen) atoms. The molecule has 0 spiro atoms. The summed E-state index contributed by atoms with van der Waals surface area (Å²) in [5, 5.41) is 13.8. The van der Waals surface area contributed by atoms with Gasteiger partial charge >= 0.3 is 0 Å². The number of H-pyrrole nitrogens is 1. The predicted octanol–water partition coefficient (Wildman–Crippen LogP) is 1.18. The van der Waals surface area contributed by atoms with Crippen molar-refractivity contribution in [2.24, 2.45) is 0 Å². The van der Waals surface area contributed by atoms with Crippen LogP contribution >= 0.6 is 0 Å². The fourth-order valence-corrected chi connectivity index (χ4v) is 1.64. The van der Waals surface area contributed by atoms with Crippen molar-refractivity contribution in [3.05, 3.63) is 38.4 Å². The van der Waals surface area contributed by atoms with E-state index in [2.05, 4.69) is 15.3 Å². The summed E-state index contributed by atoms with van der Waals surface area (Å²) >= 11 is 0. The van der Waals surface area contributed by atoms with Crippen LogP contribution in [0.2, 0.25) is 0 Å². The SMILES string of the molecule is CNc1cc2nc(C)[nH]c(=O)c2cc1[N+](=O)[O-]. The molecular weight excluding hydrogens is 224 g/mol. The van der Waals surface area contributed by atoms with Crippen molar-refractivity contribution < 1.29 is 4.92 Å². The van der Waals surface area contributed by atoms with Crippen molar-refractivity contribution >= 4 is 22.3 Å². The Morgan fingerprint density at radius 1 is 1.47 bits per heavy atom. The monoisotopic (exact) mass is 234 g/mol. The van der Waals surface area contributed by atoms with Crippen LogP contribution in [0.3, 0.4) is 0 Å². The Bertz CT molecular complexity index is 662. The number of aromatic nitrogens is 2. The molecule has 0 aliphatic heterocycles. The molecule has 0 saturated heterocycles. The smallest absolute Gasteiger partial charge is 0.293 e. The summed E-state index contributed by atoms with van der Waals surface area (Å²) in [5.74, 6) is 0.471. The van der Waals surface area contributed by atoms with Gasteiger partial charge in [-0.25, -0.2) is 4.98 Å². The number of hydrogen-bond acceptors (Lipinski definition) is 5. The van der Waals surface area contributed by atoms with Gasteiger partial charge in [-0.15, -0.1) is 0 Å². The number of rotatable bonds is 2. The first kappa shape index (κ1) is 11.1. The molecular formula is C10H10N4O3. The van der Waals surface area contributed by atoms with Crippen LogP contribution in [0.25, 0.3) is 10.9 Å². The largest absolute Gasteiger partial charge is 0.383 e. The molecule has 0 aliphatic carbocycles. The van der Waals surface area contributed by atoms with Crippen molar-refractivity contribution in [2.75, 3.05) is 12.4 Å². The third-order valence-corrected chi connectivity index (χ3v) is 2.41. The van der Waals surface area contributed by atoms with Gasteiger partial charge in [0.25, 0.3) is 11.2 Å². The van der Waals surface area contributed by atoms with Gasteiger partial charge in [-0.2, -0.15) is 0 Å². The lowest BCUT2D eigenvalue weighted by Gasteiger charge is -2.04. The highest BCUT2D eigenvalue weighted by Crippen LogP contribution is 2.27. The summed E-state index contributed by atoms with van der Waals surface area (Å²) in [6.45, 7) is 1.65. The molecule has 7 nitrogen and oxygen atoms in total. The number of nitro groups is 1. The number of benzene rings is 1. The molecule has 0 saturated carbocycles. The number of hydrogen-bond donors (Lipinski definition) is 2. The summed E-state index contributed by atoms with van der Waals surface area (Å²) in [7, 11) is 1.58. The third kappa shape index (κ3) is 1.82. The van der Waals surface area contributed by atoms with Crippen molar-refractivity contribution in [3.8, 4) is 0 Å². The van der Waals surface area contributed by atoms with E-state index in [-0.39, 0.29) is 16.6 Å². The Labute approximate surface area is 95.6 Å². The average Bonchev–Trinajstić information content (AvgIpc) is 2.26. The maximum absolute atomic E-state index is 11.6. The highest BCUT2D eigenvalue weighted by molar-refractivity contribution is 5.86. The van der Waals surface area contributed by atoms with Crippen LogP contribution in [-0.4, -0.2) is 21.9 Å². The van der Waals surface area contributed by atoms with Gasteiger partial charge in [-0.05, 0) is 13.0 Å². The van der Waals surface area contributed by atoms with Gasteiger partial charge in [0, 0.05) is 13.1 Å². The Hall–Kier alpha value is -2.44. The van der Waals surface area contributed by atoms with Crippen molar-refractivity contribution in [1.82, 2.24) is 9.97 Å². The number of fused-ring (bicyclic) bond motifs is 1. The van der Waals surface area contributed by atoms with E-state index in [1.54, 1.807) is 14.0 Å². The minimum absolute atomic E-state index is 0.142. The van der Waals surface area contributed by atoms with E-state index in [1.165, 1.54) is 12.1 Å². The molecule has 1 aromatic heterocycles. The number of aryl methyl sites for hydroxylation is 1. The van der Waals surface area contributed by atoms with E-state index in [0.717, 1.165) is 0 Å². The van der Waals surface area contributed by atoms with E-state index in [0.29, 0.717) is 17.0 Å². The molecule has 0 aliphatic rings. The Morgan fingerprint density at radius 2 is 2.18 bits per heavy atom. The molecule has 2 aromatic rings. The molecule has 0 radical (unpaired) electrons. The molecule has 2 rings (SSSR count). The normalized spacial score (nSPS) is 10.5. The van der Waals surface area contributed by atoms with E-state index < -0.39 is 4.92 Å². The zero-order chi connectivity index (χ0) is 12.6. The van der Waals surface area contributed by atoms with Gasteiger partial charge in [-0.1, -0.05) is 0 Å². The molecule has 1 heterocycles. The first-order valence-electron chi connectivity index (χ1n) is 4.89. The number of nitrogens with one attached hydrogen (secondary N) is 2. The van der Waals surface area contributed by atoms with Crippen LogP contribution in [0.1, 0.15) is 5.82 Å². The van der Waals surface area contributed by atoms with Crippen LogP contribution in [0.15, 0.2) is 16.9 Å². The number of aromatic amines is 1. The Kier molecular flexibility index (Phi) is 2.51. The zero-order valence-electron chi connectivity index (χ0n) is 9.27. The van der Waals surface area contributed by atoms with E-state index in [1.807, 2.05) is 0 Å². The summed E-state index contributed by atoms with van der Waals surface area (Å²) in [6, 6.07) is 2.72. The number of anilines is 1. The maximum Gasteiger partial charge on any atom is 0.293 e. The second-order valence-electron chi connectivity index (χ2n) is 3.54. The van der Waals surface area contributed by atoms with Gasteiger partial charge in [0.05, 0.1) is 15.8 Å². The Balaban J connectivity index is 2.88. The van der Waals surface area contributed by atoms with Crippen LogP contribution in [0.4, 0.5) is 11.4 Å². The number of nitrogens with zero attached hydrogens (tertiary/aromatic N) is 2. The first-order chi connectivity index (χ1) is 8.02. The molecule has 7 heteroatoms. The highest BCUT2D eigenvalue weighted by atomic mass is 16.6. The zero-order valence-corrected chi connectivity index (χ0v) is 9.27. The molecule has 0 bridgehead atoms. The van der Waals surface area contributed by atoms with Crippen molar-refractivity contribution in [3.63, 3.8) is 0 Å². The molecule has 0 atom stereocenters. The lowest BCUT2D eigenvalue weighted by molar-refractivity contribution is -0.383. The highest BCUT2D eigenvalue weighted by Gasteiger charge is 2.16. The second kappa shape index (κ2) is 3.85. The quantitative estimate of drug-likeness (QED) is 0.600. The first-order valence-corrected chi connectivity index (χ1v) is 4.89. The summed E-state index contributed by atoms with van der Waals surface area (Å²) < 4.78 is 0. The van der Waals surface area contributed by atoms with Crippen LogP contribution in [0.5, 0.6) is 0 Å². The fourth-order valence-electron chi connectivity index (χ4n) is 1.64. The standard InChI is InChI=1S/C10H10N4O3/c1-5-12-7-4-8(11-2)9(14(16)17)3-6(7)10(15)13-5/h3-4,11H,1-2H3,(H,12,13,15). The molecule has 2 N–H and O–H groups in total. The lowest BCUT2D eigenvalue weighted by Crippen LogP contribution is -2.10. The lowest BCUT2D eigenvalue weighted by atomic mass is 10.2. The van der Waals surface area contributed by atoms with Gasteiger partial charge in [-0.3, -0.25) is 14.9 Å². The summed E-state index contributed by atoms with van der Waals surface area (Å²) in [5.41, 5.74) is 0.246. The minimum atomic E-state index is -0.537. The maximum atomic E-state index is 11.6. The molecule has 0 fully saturated rings. The topological polar surface area (TPSA) is 101 Å². The predicted molar refractivity (Wildman–Crippen MR) is 63.3 cm³/mol. The van der Waals surface area contributed by atoms with Gasteiger partial charge in [0.1, 0.15) is 11.5 Å². The summed E-state index contributed by atoms with van der Waals surface area (Å²) in [4.78, 5) is 28.6. The van der Waals surface area contributed by atoms with Crippen LogP contribution in [0, 0.1) is 17.0 Å². The van der Waals surface area contributed by atoms with Gasteiger partial charge in [0.15, 0.2) is 0 Å². The third-order valence-electron chi connectivity index (χ3n) is 2.41. The number of nitro benzene ring substituents is 1. The van der Waals surface area contributed by atoms with E-state index >= 15 is 0 Å². The van der Waals surface area contributed by atoms with Crippen molar-refractivity contribution in [1.29, 1.82) is 0 Å². The molecule has 0 unspecified atom stereocenters. The minimum Gasteiger partial charge on any atom is -0.383 e. The molecule has 1 aromatic carbocycles. The Morgan fingerprint density at radius 3 is 2.76 bits per heavy atom. The van der Waals surface area contributed by atoms with Crippen molar-refractivity contribution in [2.45, 2.75) is 6.92 Å². The fraction of sp³-hybridized carbons (Fsp3) is 0.200. The van der Waals surface area contributed by atoms with E-state index in [9.17, 15) is 14.9 Å². The van der Waals surface area contributed by atoms with E-state index in [4.69, 9.17) is 0 Å². The van der Waals surface area contributed by atoms with Crippen LogP contribution < -0.4 is 10.9 Å².